The number of anilines is 1. The lowest BCUT2D eigenvalue weighted by molar-refractivity contribution is -0.137. The second kappa shape index (κ2) is 6.53. The molecule has 2 aliphatic rings. The Morgan fingerprint density at radius 3 is 2.30 bits per heavy atom. The third-order valence-corrected chi connectivity index (χ3v) is 7.08. The van der Waals surface area contributed by atoms with Crippen molar-refractivity contribution in [1.82, 2.24) is 5.32 Å². The molecule has 0 radical (unpaired) electrons. The largest absolute Gasteiger partial charge is 0.416 e. The quantitative estimate of drug-likeness (QED) is 0.811. The van der Waals surface area contributed by atoms with Crippen molar-refractivity contribution in [1.29, 1.82) is 0 Å². The molecule has 0 aliphatic carbocycles. The van der Waals surface area contributed by atoms with Crippen molar-refractivity contribution in [3.63, 3.8) is 0 Å². The Hall–Kier alpha value is -2.06. The number of hydrogen-bond donors (Lipinski definition) is 2. The first-order valence-electron chi connectivity index (χ1n) is 8.80. The van der Waals surface area contributed by atoms with Crippen molar-refractivity contribution in [2.24, 2.45) is 0 Å². The monoisotopic (exact) mass is 396 g/mol. The van der Waals surface area contributed by atoms with Crippen LogP contribution in [-0.2, 0) is 16.0 Å². The zero-order valence-corrected chi connectivity index (χ0v) is 15.2. The molecule has 1 saturated heterocycles. The summed E-state index contributed by atoms with van der Waals surface area (Å²) in [6.07, 6.45) is -2.63. The highest BCUT2D eigenvalue weighted by Crippen LogP contribution is 2.41. The van der Waals surface area contributed by atoms with E-state index >= 15 is 0 Å². The molecule has 0 saturated carbocycles. The highest BCUT2D eigenvalue weighted by molar-refractivity contribution is 7.91. The number of alkyl halides is 3. The summed E-state index contributed by atoms with van der Waals surface area (Å²) in [6.45, 7) is 1.79. The van der Waals surface area contributed by atoms with Crippen LogP contribution in [0.1, 0.15) is 29.9 Å². The highest BCUT2D eigenvalue weighted by Gasteiger charge is 2.34. The fraction of sp³-hybridized carbons (Fsp3) is 0.368. The minimum absolute atomic E-state index is 0.112. The van der Waals surface area contributed by atoms with E-state index < -0.39 is 21.6 Å². The Bertz CT molecular complexity index is 956. The molecule has 2 atom stereocenters. The van der Waals surface area contributed by atoms with E-state index in [4.69, 9.17) is 0 Å². The van der Waals surface area contributed by atoms with E-state index in [-0.39, 0.29) is 21.8 Å². The summed E-state index contributed by atoms with van der Waals surface area (Å²) in [4.78, 5) is -0.0267. The minimum atomic E-state index is -4.50. The smallest absolute Gasteiger partial charge is 0.381 e. The van der Waals surface area contributed by atoms with E-state index in [1.807, 2.05) is 0 Å². The maximum absolute atomic E-state index is 12.9. The minimum Gasteiger partial charge on any atom is -0.381 e. The summed E-state index contributed by atoms with van der Waals surface area (Å²) >= 11 is 0. The molecule has 0 bridgehead atoms. The number of halogens is 3. The third kappa shape index (κ3) is 3.32. The van der Waals surface area contributed by atoms with Crippen molar-refractivity contribution >= 4 is 15.5 Å². The van der Waals surface area contributed by atoms with Crippen LogP contribution in [0.15, 0.2) is 52.3 Å². The van der Waals surface area contributed by atoms with Crippen molar-refractivity contribution < 1.29 is 21.6 Å². The van der Waals surface area contributed by atoms with Gasteiger partial charge in [-0.05, 0) is 74.0 Å². The van der Waals surface area contributed by atoms with Gasteiger partial charge in [-0.25, -0.2) is 8.42 Å². The van der Waals surface area contributed by atoms with Crippen molar-refractivity contribution in [2.45, 2.75) is 40.8 Å². The lowest BCUT2D eigenvalue weighted by Crippen LogP contribution is -2.21. The van der Waals surface area contributed by atoms with Gasteiger partial charge in [0.15, 0.2) is 0 Å². The summed E-state index contributed by atoms with van der Waals surface area (Å²) in [5, 5.41) is 6.80. The first-order valence-corrected chi connectivity index (χ1v) is 10.3. The Kier molecular flexibility index (Phi) is 4.43. The number of benzene rings is 2. The molecule has 4 nitrogen and oxygen atoms in total. The summed E-state index contributed by atoms with van der Waals surface area (Å²) in [5.74, 6) is 0.234. The number of hydrogen-bond acceptors (Lipinski definition) is 4. The van der Waals surface area contributed by atoms with Crippen LogP contribution in [0.2, 0.25) is 0 Å². The van der Waals surface area contributed by atoms with E-state index in [1.165, 1.54) is 6.07 Å². The molecule has 2 aliphatic heterocycles. The summed E-state index contributed by atoms with van der Waals surface area (Å²) < 4.78 is 64.0. The first-order chi connectivity index (χ1) is 12.8. The highest BCUT2D eigenvalue weighted by atomic mass is 32.2. The molecular formula is C19H19F3N2O2S. The van der Waals surface area contributed by atoms with Crippen molar-refractivity contribution in [3.05, 3.63) is 53.6 Å². The Morgan fingerprint density at radius 2 is 1.59 bits per heavy atom. The molecule has 0 spiro atoms. The Labute approximate surface area is 155 Å². The van der Waals surface area contributed by atoms with E-state index in [2.05, 4.69) is 10.6 Å². The van der Waals surface area contributed by atoms with Gasteiger partial charge in [-0.1, -0.05) is 0 Å². The standard InChI is InChI=1S/C19H19F3N2O2S/c20-19(21,22)12-1-3-13(4-2-12)27(25,26)14-5-6-17-16(11-14)15-7-9-23-10-8-18(15)24-17/h1-6,11,15,18,23-24H,7-10H2/t15-,18-/m0/s1. The van der Waals surface area contributed by atoms with Gasteiger partial charge in [-0.15, -0.1) is 0 Å². The molecular weight excluding hydrogens is 377 g/mol. The van der Waals surface area contributed by atoms with E-state index in [1.54, 1.807) is 12.1 Å². The molecule has 2 heterocycles. The molecule has 2 aromatic carbocycles. The molecule has 0 aromatic heterocycles. The zero-order valence-electron chi connectivity index (χ0n) is 14.4. The Balaban J connectivity index is 1.68. The molecule has 144 valence electrons. The van der Waals surface area contributed by atoms with Crippen LogP contribution in [0.25, 0.3) is 0 Å². The van der Waals surface area contributed by atoms with E-state index in [9.17, 15) is 21.6 Å². The first kappa shape index (κ1) is 18.3. The number of fused-ring (bicyclic) bond motifs is 3. The fourth-order valence-electron chi connectivity index (χ4n) is 3.89. The number of rotatable bonds is 2. The maximum atomic E-state index is 12.9. The molecule has 4 rings (SSSR count). The van der Waals surface area contributed by atoms with Gasteiger partial charge in [-0.3, -0.25) is 0 Å². The van der Waals surface area contributed by atoms with Crippen LogP contribution >= 0.6 is 0 Å². The average molecular weight is 396 g/mol. The van der Waals surface area contributed by atoms with Gasteiger partial charge < -0.3 is 10.6 Å². The van der Waals surface area contributed by atoms with E-state index in [0.717, 1.165) is 61.4 Å². The van der Waals surface area contributed by atoms with Crippen LogP contribution in [0.3, 0.4) is 0 Å². The number of nitrogens with one attached hydrogen (secondary N) is 2. The van der Waals surface area contributed by atoms with Crippen molar-refractivity contribution in [2.75, 3.05) is 18.4 Å². The molecule has 2 N–H and O–H groups in total. The van der Waals surface area contributed by atoms with Crippen LogP contribution in [0.4, 0.5) is 18.9 Å². The SMILES string of the molecule is O=S(=O)(c1ccc(C(F)(F)F)cc1)c1ccc2c(c1)[C@@H]1CCNCC[C@@H]1N2. The van der Waals surface area contributed by atoms with Gasteiger partial charge in [0.25, 0.3) is 0 Å². The fourth-order valence-corrected chi connectivity index (χ4v) is 5.19. The van der Waals surface area contributed by atoms with Crippen LogP contribution in [0.5, 0.6) is 0 Å². The predicted molar refractivity (Wildman–Crippen MR) is 95.6 cm³/mol. The second-order valence-electron chi connectivity index (χ2n) is 6.96. The lowest BCUT2D eigenvalue weighted by Gasteiger charge is -2.16. The molecule has 2 aromatic rings. The van der Waals surface area contributed by atoms with E-state index in [0.29, 0.717) is 0 Å². The molecule has 8 heteroatoms. The van der Waals surface area contributed by atoms with Gasteiger partial charge in [0, 0.05) is 17.6 Å². The third-order valence-electron chi connectivity index (χ3n) is 5.32. The topological polar surface area (TPSA) is 58.2 Å². The molecule has 1 fully saturated rings. The van der Waals surface area contributed by atoms with Gasteiger partial charge in [-0.2, -0.15) is 13.2 Å². The van der Waals surface area contributed by atoms with Crippen LogP contribution in [0, 0.1) is 0 Å². The summed E-state index contributed by atoms with van der Waals surface area (Å²) in [5.41, 5.74) is 1.04. The number of sulfone groups is 1. The lowest BCUT2D eigenvalue weighted by atomic mass is 9.91. The Morgan fingerprint density at radius 1 is 0.926 bits per heavy atom. The average Bonchev–Trinajstić information content (AvgIpc) is 2.81. The van der Waals surface area contributed by atoms with Crippen LogP contribution < -0.4 is 10.6 Å². The van der Waals surface area contributed by atoms with Gasteiger partial charge in [0.1, 0.15) is 0 Å². The zero-order chi connectivity index (χ0) is 19.2. The normalized spacial score (nSPS) is 22.5. The van der Waals surface area contributed by atoms with Crippen LogP contribution in [-0.4, -0.2) is 27.5 Å². The summed E-state index contributed by atoms with van der Waals surface area (Å²) in [6, 6.07) is 8.86. The van der Waals surface area contributed by atoms with Crippen molar-refractivity contribution in [3.8, 4) is 0 Å². The molecule has 0 unspecified atom stereocenters. The second-order valence-corrected chi connectivity index (χ2v) is 8.91. The van der Waals surface area contributed by atoms with Gasteiger partial charge in [0.05, 0.1) is 15.4 Å². The predicted octanol–water partition coefficient (Wildman–Crippen LogP) is 3.80. The summed E-state index contributed by atoms with van der Waals surface area (Å²) in [7, 11) is -3.88. The van der Waals surface area contributed by atoms with Gasteiger partial charge in [0.2, 0.25) is 9.84 Å². The maximum Gasteiger partial charge on any atom is 0.416 e. The van der Waals surface area contributed by atoms with Gasteiger partial charge >= 0.3 is 6.18 Å². The molecule has 27 heavy (non-hydrogen) atoms. The molecule has 0 amide bonds.